The number of amides is 2. The molecule has 3 fully saturated rings. The number of aromatic nitrogens is 2. The van der Waals surface area contributed by atoms with Gasteiger partial charge in [0.1, 0.15) is 17.5 Å². The van der Waals surface area contributed by atoms with Crippen LogP contribution in [0.3, 0.4) is 0 Å². The van der Waals surface area contributed by atoms with E-state index in [1.165, 1.54) is 0 Å². The van der Waals surface area contributed by atoms with E-state index < -0.39 is 5.54 Å². The van der Waals surface area contributed by atoms with Crippen LogP contribution < -0.4 is 0 Å². The molecule has 2 amide bonds. The largest absolute Gasteiger partial charge is 0.368 e. The van der Waals surface area contributed by atoms with E-state index in [4.69, 9.17) is 9.73 Å². The number of carbonyl (C=O) groups excluding carboxylic acids is 2. The fourth-order valence-electron chi connectivity index (χ4n) is 5.50. The molecule has 2 atom stereocenters. The van der Waals surface area contributed by atoms with Gasteiger partial charge in [0.2, 0.25) is 0 Å². The van der Waals surface area contributed by atoms with Crippen molar-refractivity contribution in [3.63, 3.8) is 0 Å². The van der Waals surface area contributed by atoms with Gasteiger partial charge >= 0.3 is 0 Å². The summed E-state index contributed by atoms with van der Waals surface area (Å²) in [7, 11) is 0. The average molecular weight is 470 g/mol. The molecular weight excluding hydrogens is 442 g/mol. The third-order valence-electron chi connectivity index (χ3n) is 7.87. The number of hydrogen-bond acceptors (Lipinski definition) is 5. The molecule has 7 rings (SSSR count). The highest BCUT2D eigenvalue weighted by atomic mass is 16.5. The normalized spacial score (nSPS) is 24.8. The van der Waals surface area contributed by atoms with Crippen LogP contribution in [0.2, 0.25) is 0 Å². The smallest absolute Gasteiger partial charge is 0.256 e. The van der Waals surface area contributed by atoms with Gasteiger partial charge in [-0.25, -0.2) is 0 Å². The zero-order valence-corrected chi connectivity index (χ0v) is 19.4. The Balaban J connectivity index is 1.10. The molecule has 8 nitrogen and oxygen atoms in total. The number of H-pyrrole nitrogens is 1. The first kappa shape index (κ1) is 20.8. The maximum absolute atomic E-state index is 13.3. The summed E-state index contributed by atoms with van der Waals surface area (Å²) in [6.07, 6.45) is 4.93. The highest BCUT2D eigenvalue weighted by Crippen LogP contribution is 2.46. The summed E-state index contributed by atoms with van der Waals surface area (Å²) in [6, 6.07) is 14.6. The number of amidine groups is 1. The predicted octanol–water partition coefficient (Wildman–Crippen LogP) is 2.99. The molecule has 1 spiro atoms. The van der Waals surface area contributed by atoms with Gasteiger partial charge in [-0.1, -0.05) is 30.3 Å². The molecule has 35 heavy (non-hydrogen) atoms. The van der Waals surface area contributed by atoms with Crippen LogP contribution >= 0.6 is 0 Å². The van der Waals surface area contributed by atoms with Crippen molar-refractivity contribution in [2.75, 3.05) is 26.2 Å². The molecule has 1 aromatic heterocycles. The predicted molar refractivity (Wildman–Crippen MR) is 131 cm³/mol. The Bertz CT molecular complexity index is 1350. The van der Waals surface area contributed by atoms with Gasteiger partial charge in [0.15, 0.2) is 0 Å². The summed E-state index contributed by atoms with van der Waals surface area (Å²) in [5.41, 5.74) is 3.66. The highest BCUT2D eigenvalue weighted by Gasteiger charge is 2.57. The number of nitrogens with zero attached hydrogens (tertiary/aromatic N) is 4. The number of ether oxygens (including phenoxy) is 1. The van der Waals surface area contributed by atoms with Crippen LogP contribution in [-0.4, -0.2) is 75.5 Å². The van der Waals surface area contributed by atoms with Gasteiger partial charge in [-0.05, 0) is 48.4 Å². The molecular formula is C27H27N5O3. The molecule has 4 heterocycles. The van der Waals surface area contributed by atoms with Gasteiger partial charge in [-0.3, -0.25) is 24.6 Å². The second-order valence-electron chi connectivity index (χ2n) is 10.2. The number of nitrogens with one attached hydrogen (secondary N) is 1. The lowest BCUT2D eigenvalue weighted by atomic mass is 10.0. The van der Waals surface area contributed by atoms with E-state index in [1.807, 2.05) is 22.1 Å². The molecule has 2 saturated heterocycles. The molecule has 1 unspecified atom stereocenters. The van der Waals surface area contributed by atoms with Crippen molar-refractivity contribution in [1.29, 1.82) is 0 Å². The number of fused-ring (bicyclic) bond motifs is 1. The summed E-state index contributed by atoms with van der Waals surface area (Å²) in [6.45, 7) is 2.69. The summed E-state index contributed by atoms with van der Waals surface area (Å²) < 4.78 is 5.38. The summed E-state index contributed by atoms with van der Waals surface area (Å²) in [5, 5.41) is 8.16. The topological polar surface area (TPSA) is 90.9 Å². The molecule has 0 bridgehead atoms. The average Bonchev–Trinajstić information content (AvgIpc) is 3.17. The van der Waals surface area contributed by atoms with Crippen molar-refractivity contribution >= 4 is 28.6 Å². The molecule has 2 aromatic carbocycles. The zero-order chi connectivity index (χ0) is 23.6. The standard InChI is InChI=1S/C27H27N5O3/c33-25(23-8-12-35-23)31-11-7-17(15-31)16-32-24(29-27(9-10-27)26(32)34)19-3-1-18(2-4-19)20-5-6-22-21(13-20)14-28-30-22/h1-6,13-14,17,23H,7-12,15-16H2,(H,28,30)/t17-,23?/m1/s1. The van der Waals surface area contributed by atoms with E-state index in [0.717, 1.165) is 65.7 Å². The van der Waals surface area contributed by atoms with Crippen LogP contribution in [-0.2, 0) is 14.3 Å². The third kappa shape index (κ3) is 3.46. The number of benzene rings is 2. The summed E-state index contributed by atoms with van der Waals surface area (Å²) >= 11 is 0. The Morgan fingerprint density at radius 2 is 1.86 bits per heavy atom. The van der Waals surface area contributed by atoms with Gasteiger partial charge in [0.25, 0.3) is 11.8 Å². The quantitative estimate of drug-likeness (QED) is 0.622. The van der Waals surface area contributed by atoms with E-state index in [-0.39, 0.29) is 23.8 Å². The lowest BCUT2D eigenvalue weighted by Gasteiger charge is -2.30. The second-order valence-corrected chi connectivity index (χ2v) is 10.2. The van der Waals surface area contributed by atoms with Crippen LogP contribution in [0.25, 0.3) is 22.0 Å². The maximum atomic E-state index is 13.3. The Morgan fingerprint density at radius 3 is 2.60 bits per heavy atom. The van der Waals surface area contributed by atoms with Crippen LogP contribution in [0, 0.1) is 5.92 Å². The molecule has 8 heteroatoms. The van der Waals surface area contributed by atoms with Crippen molar-refractivity contribution in [3.8, 4) is 11.1 Å². The number of hydrogen-bond donors (Lipinski definition) is 1. The molecule has 3 aromatic rings. The number of carbonyl (C=O) groups is 2. The zero-order valence-electron chi connectivity index (χ0n) is 19.4. The number of aromatic amines is 1. The molecule has 1 saturated carbocycles. The lowest BCUT2D eigenvalue weighted by molar-refractivity contribution is -0.155. The van der Waals surface area contributed by atoms with Crippen molar-refractivity contribution in [1.82, 2.24) is 20.0 Å². The molecule has 4 aliphatic rings. The van der Waals surface area contributed by atoms with Crippen molar-refractivity contribution in [3.05, 3.63) is 54.2 Å². The van der Waals surface area contributed by atoms with Gasteiger partial charge in [0.05, 0.1) is 18.3 Å². The Morgan fingerprint density at radius 1 is 1.09 bits per heavy atom. The van der Waals surface area contributed by atoms with E-state index >= 15 is 0 Å². The van der Waals surface area contributed by atoms with Crippen LogP contribution in [0.4, 0.5) is 0 Å². The summed E-state index contributed by atoms with van der Waals surface area (Å²) in [5.74, 6) is 1.25. The minimum absolute atomic E-state index is 0.100. The Hall–Kier alpha value is -3.52. The van der Waals surface area contributed by atoms with Gasteiger partial charge in [-0.15, -0.1) is 0 Å². The van der Waals surface area contributed by atoms with Crippen molar-refractivity contribution in [2.45, 2.75) is 37.3 Å². The van der Waals surface area contributed by atoms with Gasteiger partial charge < -0.3 is 9.64 Å². The second kappa shape index (κ2) is 7.75. The van der Waals surface area contributed by atoms with E-state index in [2.05, 4.69) is 46.6 Å². The van der Waals surface area contributed by atoms with Gasteiger partial charge in [0, 0.05) is 37.0 Å². The number of aliphatic imine (C=N–C) groups is 1. The highest BCUT2D eigenvalue weighted by molar-refractivity contribution is 6.16. The van der Waals surface area contributed by atoms with E-state index in [1.54, 1.807) is 0 Å². The van der Waals surface area contributed by atoms with E-state index in [9.17, 15) is 9.59 Å². The molecule has 1 aliphatic carbocycles. The minimum atomic E-state index is -0.547. The first-order valence-corrected chi connectivity index (χ1v) is 12.5. The van der Waals surface area contributed by atoms with Gasteiger partial charge in [-0.2, -0.15) is 5.10 Å². The molecule has 3 aliphatic heterocycles. The first-order chi connectivity index (χ1) is 17.1. The van der Waals surface area contributed by atoms with Crippen molar-refractivity contribution in [2.24, 2.45) is 10.9 Å². The third-order valence-corrected chi connectivity index (χ3v) is 7.87. The fraction of sp³-hybridized carbons (Fsp3) is 0.407. The monoisotopic (exact) mass is 469 g/mol. The van der Waals surface area contributed by atoms with E-state index in [0.29, 0.717) is 19.7 Å². The molecule has 1 N–H and O–H groups in total. The van der Waals surface area contributed by atoms with Crippen LogP contribution in [0.5, 0.6) is 0 Å². The number of likely N-dealkylation sites (tertiary alicyclic amines) is 1. The minimum Gasteiger partial charge on any atom is -0.368 e. The SMILES string of the molecule is O=C(C1CCO1)N1CC[C@@H](CN2C(=O)C3(CC3)N=C2c2ccc(-c3ccc4[nH]ncc4c3)cc2)C1. The number of rotatable bonds is 5. The maximum Gasteiger partial charge on any atom is 0.256 e. The first-order valence-electron chi connectivity index (χ1n) is 12.5. The molecule has 178 valence electrons. The fourth-order valence-corrected chi connectivity index (χ4v) is 5.50. The van der Waals surface area contributed by atoms with Crippen LogP contribution in [0.1, 0.15) is 31.2 Å². The Kier molecular flexibility index (Phi) is 4.61. The lowest BCUT2D eigenvalue weighted by Crippen LogP contribution is -2.45. The molecule has 0 radical (unpaired) electrons. The van der Waals surface area contributed by atoms with Crippen LogP contribution in [0.15, 0.2) is 53.7 Å². The summed E-state index contributed by atoms with van der Waals surface area (Å²) in [4.78, 5) is 34.6. The Labute approximate surface area is 203 Å². The van der Waals surface area contributed by atoms with Crippen molar-refractivity contribution < 1.29 is 14.3 Å².